The molecular weight excluding hydrogens is 231 g/mol. The van der Waals surface area contributed by atoms with Crippen LogP contribution in [0.4, 0.5) is 4.39 Å². The van der Waals surface area contributed by atoms with Crippen LogP contribution in [-0.4, -0.2) is 25.5 Å². The second-order valence-corrected chi connectivity index (χ2v) is 3.67. The van der Waals surface area contributed by atoms with E-state index in [0.29, 0.717) is 13.1 Å². The van der Waals surface area contributed by atoms with E-state index < -0.39 is 11.7 Å². The van der Waals surface area contributed by atoms with Crippen molar-refractivity contribution in [2.45, 2.75) is 6.92 Å². The van der Waals surface area contributed by atoms with E-state index in [4.69, 9.17) is 11.6 Å². The smallest absolute Gasteiger partial charge is 0.254 e. The zero-order valence-electron chi connectivity index (χ0n) is 9.02. The monoisotopic (exact) mass is 244 g/mol. The maximum atomic E-state index is 13.3. The van der Waals surface area contributed by atoms with Gasteiger partial charge >= 0.3 is 0 Å². The summed E-state index contributed by atoms with van der Waals surface area (Å²) in [6.07, 6.45) is 0. The van der Waals surface area contributed by atoms with Gasteiger partial charge in [-0.3, -0.25) is 4.79 Å². The first-order valence-electron chi connectivity index (χ1n) is 5.09. The number of carbonyl (C=O) groups is 1. The number of hydrogen-bond donors (Lipinski definition) is 2. The Bertz CT molecular complexity index is 371. The molecule has 88 valence electrons. The van der Waals surface area contributed by atoms with Gasteiger partial charge in [0.05, 0.1) is 5.56 Å². The van der Waals surface area contributed by atoms with Crippen LogP contribution in [0.2, 0.25) is 5.02 Å². The van der Waals surface area contributed by atoms with Crippen LogP contribution >= 0.6 is 11.6 Å². The molecule has 0 fully saturated rings. The summed E-state index contributed by atoms with van der Waals surface area (Å²) < 4.78 is 13.3. The third-order valence-electron chi connectivity index (χ3n) is 2.01. The van der Waals surface area contributed by atoms with Crippen LogP contribution in [0.25, 0.3) is 0 Å². The van der Waals surface area contributed by atoms with Crippen LogP contribution in [-0.2, 0) is 0 Å². The number of amides is 1. The van der Waals surface area contributed by atoms with Crippen molar-refractivity contribution in [2.24, 2.45) is 0 Å². The maximum absolute atomic E-state index is 13.3. The number of benzene rings is 1. The number of halogens is 2. The fourth-order valence-corrected chi connectivity index (χ4v) is 1.37. The van der Waals surface area contributed by atoms with Crippen molar-refractivity contribution in [1.29, 1.82) is 0 Å². The predicted octanol–water partition coefficient (Wildman–Crippen LogP) is 1.82. The minimum Gasteiger partial charge on any atom is -0.351 e. The van der Waals surface area contributed by atoms with Crippen molar-refractivity contribution >= 4 is 17.5 Å². The normalized spacial score (nSPS) is 10.2. The van der Waals surface area contributed by atoms with Gasteiger partial charge in [-0.15, -0.1) is 0 Å². The van der Waals surface area contributed by atoms with Crippen LogP contribution in [0.15, 0.2) is 18.2 Å². The Balaban J connectivity index is 2.53. The molecule has 0 aromatic heterocycles. The molecule has 1 aromatic carbocycles. The fraction of sp³-hybridized carbons (Fsp3) is 0.364. The molecule has 0 saturated carbocycles. The predicted molar refractivity (Wildman–Crippen MR) is 62.3 cm³/mol. The third kappa shape index (κ3) is 3.79. The molecule has 0 bridgehead atoms. The van der Waals surface area contributed by atoms with Crippen LogP contribution in [0.5, 0.6) is 0 Å². The molecule has 0 heterocycles. The highest BCUT2D eigenvalue weighted by Gasteiger charge is 2.10. The maximum Gasteiger partial charge on any atom is 0.254 e. The Morgan fingerprint density at radius 1 is 1.44 bits per heavy atom. The first-order chi connectivity index (χ1) is 7.65. The van der Waals surface area contributed by atoms with Crippen molar-refractivity contribution in [3.63, 3.8) is 0 Å². The second-order valence-electron chi connectivity index (χ2n) is 3.23. The highest BCUT2D eigenvalue weighted by molar-refractivity contribution is 6.30. The van der Waals surface area contributed by atoms with Crippen molar-refractivity contribution in [1.82, 2.24) is 10.6 Å². The van der Waals surface area contributed by atoms with Gasteiger partial charge < -0.3 is 10.6 Å². The number of hydrogen-bond acceptors (Lipinski definition) is 2. The van der Waals surface area contributed by atoms with E-state index in [-0.39, 0.29) is 10.6 Å². The van der Waals surface area contributed by atoms with Gasteiger partial charge in [-0.2, -0.15) is 0 Å². The average Bonchev–Trinajstić information content (AvgIpc) is 2.24. The number of carbonyl (C=O) groups excluding carboxylic acids is 1. The van der Waals surface area contributed by atoms with E-state index >= 15 is 0 Å². The summed E-state index contributed by atoms with van der Waals surface area (Å²) in [6, 6.07) is 3.99. The summed E-state index contributed by atoms with van der Waals surface area (Å²) >= 11 is 5.59. The fourth-order valence-electron chi connectivity index (χ4n) is 1.21. The van der Waals surface area contributed by atoms with Gasteiger partial charge in [0.2, 0.25) is 0 Å². The molecule has 0 unspecified atom stereocenters. The van der Waals surface area contributed by atoms with Gasteiger partial charge in [0, 0.05) is 18.1 Å². The Morgan fingerprint density at radius 3 is 2.81 bits per heavy atom. The van der Waals surface area contributed by atoms with Crippen LogP contribution in [0.3, 0.4) is 0 Å². The van der Waals surface area contributed by atoms with Crippen molar-refractivity contribution in [2.75, 3.05) is 19.6 Å². The standard InChI is InChI=1S/C11H14ClFN2O/c1-2-14-5-6-15-11(16)9-4-3-8(12)7-10(9)13/h3-4,7,14H,2,5-6H2,1H3,(H,15,16). The molecule has 0 saturated heterocycles. The van der Waals surface area contributed by atoms with Gasteiger partial charge in [-0.25, -0.2) is 4.39 Å². The molecule has 2 N–H and O–H groups in total. The third-order valence-corrected chi connectivity index (χ3v) is 2.25. The summed E-state index contributed by atoms with van der Waals surface area (Å²) in [5.41, 5.74) is 0.0147. The topological polar surface area (TPSA) is 41.1 Å². The van der Waals surface area contributed by atoms with Gasteiger partial charge in [0.1, 0.15) is 5.82 Å². The minimum atomic E-state index is -0.603. The lowest BCUT2D eigenvalue weighted by molar-refractivity contribution is 0.0950. The zero-order valence-corrected chi connectivity index (χ0v) is 9.77. The molecule has 1 aromatic rings. The first kappa shape index (κ1) is 12.9. The van der Waals surface area contributed by atoms with Crippen LogP contribution < -0.4 is 10.6 Å². The van der Waals surface area contributed by atoms with Gasteiger partial charge in [0.25, 0.3) is 5.91 Å². The molecule has 0 aliphatic carbocycles. The van der Waals surface area contributed by atoms with E-state index in [9.17, 15) is 9.18 Å². The quantitative estimate of drug-likeness (QED) is 0.776. The SMILES string of the molecule is CCNCCNC(=O)c1ccc(Cl)cc1F. The average molecular weight is 245 g/mol. The molecule has 0 spiro atoms. The molecule has 1 rings (SSSR count). The van der Waals surface area contributed by atoms with Gasteiger partial charge in [-0.05, 0) is 24.7 Å². The van der Waals surface area contributed by atoms with Crippen molar-refractivity contribution < 1.29 is 9.18 Å². The second kappa shape index (κ2) is 6.45. The van der Waals surface area contributed by atoms with E-state index in [0.717, 1.165) is 12.6 Å². The van der Waals surface area contributed by atoms with E-state index in [2.05, 4.69) is 10.6 Å². The molecule has 16 heavy (non-hydrogen) atoms. The van der Waals surface area contributed by atoms with E-state index in [1.807, 2.05) is 6.92 Å². The van der Waals surface area contributed by atoms with Gasteiger partial charge in [-0.1, -0.05) is 18.5 Å². The summed E-state index contributed by atoms with van der Waals surface area (Å²) in [6.45, 7) is 3.94. The largest absolute Gasteiger partial charge is 0.351 e. The van der Waals surface area contributed by atoms with Gasteiger partial charge in [0.15, 0.2) is 0 Å². The summed E-state index contributed by atoms with van der Waals surface area (Å²) in [5.74, 6) is -1.03. The summed E-state index contributed by atoms with van der Waals surface area (Å²) in [4.78, 5) is 11.5. The summed E-state index contributed by atoms with van der Waals surface area (Å²) in [7, 11) is 0. The Labute approximate surface area is 99.0 Å². The first-order valence-corrected chi connectivity index (χ1v) is 5.47. The number of rotatable bonds is 5. The van der Waals surface area contributed by atoms with E-state index in [1.165, 1.54) is 12.1 Å². The highest BCUT2D eigenvalue weighted by atomic mass is 35.5. The van der Waals surface area contributed by atoms with Crippen LogP contribution in [0, 0.1) is 5.82 Å². The molecule has 3 nitrogen and oxygen atoms in total. The lowest BCUT2D eigenvalue weighted by atomic mass is 10.2. The Morgan fingerprint density at radius 2 is 2.19 bits per heavy atom. The van der Waals surface area contributed by atoms with Crippen LogP contribution in [0.1, 0.15) is 17.3 Å². The molecular formula is C11H14ClFN2O. The molecule has 1 amide bonds. The molecule has 0 aliphatic rings. The molecule has 0 aliphatic heterocycles. The van der Waals surface area contributed by atoms with Crippen molar-refractivity contribution in [3.8, 4) is 0 Å². The number of nitrogens with one attached hydrogen (secondary N) is 2. The lowest BCUT2D eigenvalue weighted by Gasteiger charge is -2.06. The van der Waals surface area contributed by atoms with Crippen molar-refractivity contribution in [3.05, 3.63) is 34.6 Å². The molecule has 5 heteroatoms. The Kier molecular flexibility index (Phi) is 5.22. The Hall–Kier alpha value is -1.13. The minimum absolute atomic E-state index is 0.0147. The lowest BCUT2D eigenvalue weighted by Crippen LogP contribution is -2.32. The zero-order chi connectivity index (χ0) is 12.0. The van der Waals surface area contributed by atoms with E-state index in [1.54, 1.807) is 0 Å². The highest BCUT2D eigenvalue weighted by Crippen LogP contribution is 2.14. The number of likely N-dealkylation sites (N-methyl/N-ethyl adjacent to an activating group) is 1. The molecule has 0 atom stereocenters. The summed E-state index contributed by atoms with van der Waals surface area (Å²) in [5, 5.41) is 5.94. The molecule has 0 radical (unpaired) electrons.